The fourth-order valence-electron chi connectivity index (χ4n) is 2.97. The average molecular weight is 376 g/mol. The van der Waals surface area contributed by atoms with Gasteiger partial charge in [-0.25, -0.2) is 8.42 Å². The van der Waals surface area contributed by atoms with Crippen molar-refractivity contribution in [1.29, 1.82) is 0 Å². The summed E-state index contributed by atoms with van der Waals surface area (Å²) in [6.07, 6.45) is 3.38. The second-order valence-corrected chi connectivity index (χ2v) is 7.95. The number of piperidine rings is 1. The number of nitrogens with one attached hydrogen (secondary N) is 1. The maximum absolute atomic E-state index is 12.9. The first-order chi connectivity index (χ1) is 12.5. The van der Waals surface area contributed by atoms with Gasteiger partial charge in [0.2, 0.25) is 15.8 Å². The Morgan fingerprint density at radius 1 is 1.12 bits per heavy atom. The Bertz CT molecular complexity index is 862. The average Bonchev–Trinajstić information content (AvgIpc) is 3.21. The second-order valence-electron chi connectivity index (χ2n) is 6.06. The Kier molecular flexibility index (Phi) is 5.53. The number of nitrogens with zero attached hydrogens (tertiary/aromatic N) is 1. The summed E-state index contributed by atoms with van der Waals surface area (Å²) in [6, 6.07) is 10.4. The van der Waals surface area contributed by atoms with Crippen LogP contribution in [0.1, 0.15) is 29.8 Å². The highest BCUT2D eigenvalue weighted by Crippen LogP contribution is 2.26. The summed E-state index contributed by atoms with van der Waals surface area (Å²) >= 11 is 0. The van der Waals surface area contributed by atoms with Gasteiger partial charge in [0, 0.05) is 12.7 Å². The molecule has 2 aromatic rings. The van der Waals surface area contributed by atoms with Crippen molar-refractivity contribution in [3.05, 3.63) is 54.4 Å². The monoisotopic (exact) mass is 376 g/mol. The Balaban J connectivity index is 1.72. The number of aromatic amines is 1. The van der Waals surface area contributed by atoms with E-state index in [-0.39, 0.29) is 17.2 Å². The maximum atomic E-state index is 12.9. The Morgan fingerprint density at radius 2 is 1.88 bits per heavy atom. The largest absolute Gasteiger partial charge is 0.456 e. The van der Waals surface area contributed by atoms with E-state index >= 15 is 0 Å². The molecular weight excluding hydrogens is 356 g/mol. The Hall–Kier alpha value is -2.45. The van der Waals surface area contributed by atoms with Crippen LogP contribution < -0.4 is 0 Å². The zero-order chi connectivity index (χ0) is 18.6. The standard InChI is InChI=1S/C18H20N2O5S/c21-17(15-9-6-11-19-15)13-25-18(22)16-10-4-5-12-20(16)26(23,24)14-7-2-1-3-8-14/h1-3,6-9,11,16,19H,4-5,10,12-13H2. The molecule has 0 amide bonds. The molecule has 1 fully saturated rings. The summed E-state index contributed by atoms with van der Waals surface area (Å²) in [4.78, 5) is 27.3. The Labute approximate surface area is 152 Å². The van der Waals surface area contributed by atoms with Gasteiger partial charge in [-0.1, -0.05) is 18.2 Å². The molecule has 8 heteroatoms. The first-order valence-corrected chi connectivity index (χ1v) is 9.84. The van der Waals surface area contributed by atoms with E-state index in [2.05, 4.69) is 4.98 Å². The van der Waals surface area contributed by atoms with Crippen LogP contribution in [0.2, 0.25) is 0 Å². The first-order valence-electron chi connectivity index (χ1n) is 8.40. The molecule has 26 heavy (non-hydrogen) atoms. The third-order valence-corrected chi connectivity index (χ3v) is 6.24. The van der Waals surface area contributed by atoms with Crippen LogP contribution in [0.15, 0.2) is 53.6 Å². The lowest BCUT2D eigenvalue weighted by atomic mass is 10.1. The van der Waals surface area contributed by atoms with Crippen molar-refractivity contribution in [2.45, 2.75) is 30.2 Å². The molecule has 3 rings (SSSR count). The van der Waals surface area contributed by atoms with Gasteiger partial charge in [-0.3, -0.25) is 9.59 Å². The summed E-state index contributed by atoms with van der Waals surface area (Å²) in [5, 5.41) is 0. The van der Waals surface area contributed by atoms with Gasteiger partial charge in [0.15, 0.2) is 6.61 Å². The molecule has 1 saturated heterocycles. The van der Waals surface area contributed by atoms with E-state index in [4.69, 9.17) is 4.74 Å². The van der Waals surface area contributed by atoms with Crippen LogP contribution >= 0.6 is 0 Å². The lowest BCUT2D eigenvalue weighted by Crippen LogP contribution is -2.48. The third-order valence-electron chi connectivity index (χ3n) is 4.32. The highest BCUT2D eigenvalue weighted by molar-refractivity contribution is 7.89. The SMILES string of the molecule is O=C(COC(=O)C1CCCCN1S(=O)(=O)c1ccccc1)c1ccc[nH]1. The third kappa shape index (κ3) is 3.86. The van der Waals surface area contributed by atoms with Crippen LogP contribution in [-0.4, -0.2) is 48.7 Å². The molecular formula is C18H20N2O5S. The van der Waals surface area contributed by atoms with E-state index in [1.54, 1.807) is 36.5 Å². The number of esters is 1. The van der Waals surface area contributed by atoms with E-state index in [1.165, 1.54) is 16.4 Å². The summed E-state index contributed by atoms with van der Waals surface area (Å²) < 4.78 is 32.0. The van der Waals surface area contributed by atoms with Crippen LogP contribution in [0.25, 0.3) is 0 Å². The molecule has 0 spiro atoms. The molecule has 7 nitrogen and oxygen atoms in total. The minimum atomic E-state index is -3.80. The topological polar surface area (TPSA) is 96.5 Å². The zero-order valence-electron chi connectivity index (χ0n) is 14.1. The quantitative estimate of drug-likeness (QED) is 0.614. The molecule has 1 aromatic heterocycles. The molecule has 0 bridgehead atoms. The van der Waals surface area contributed by atoms with Crippen molar-refractivity contribution in [2.75, 3.05) is 13.2 Å². The van der Waals surface area contributed by atoms with E-state index in [1.807, 2.05) is 0 Å². The van der Waals surface area contributed by atoms with E-state index < -0.39 is 28.6 Å². The minimum Gasteiger partial charge on any atom is -0.456 e. The van der Waals surface area contributed by atoms with Crippen LogP contribution in [0.5, 0.6) is 0 Å². The molecule has 1 aromatic carbocycles. The summed E-state index contributed by atoms with van der Waals surface area (Å²) in [6.45, 7) is -0.170. The molecule has 1 aliphatic rings. The van der Waals surface area contributed by atoms with Gasteiger partial charge in [-0.15, -0.1) is 0 Å². The number of sulfonamides is 1. The molecule has 138 valence electrons. The maximum Gasteiger partial charge on any atom is 0.324 e. The first kappa shape index (κ1) is 18.3. The molecule has 0 radical (unpaired) electrons. The molecule has 1 unspecified atom stereocenters. The molecule has 1 aliphatic heterocycles. The fourth-order valence-corrected chi connectivity index (χ4v) is 4.64. The molecule has 0 saturated carbocycles. The number of aromatic nitrogens is 1. The van der Waals surface area contributed by atoms with Gasteiger partial charge in [0.1, 0.15) is 6.04 Å². The molecule has 1 atom stereocenters. The van der Waals surface area contributed by atoms with Gasteiger partial charge in [0.25, 0.3) is 0 Å². The minimum absolute atomic E-state index is 0.141. The fraction of sp³-hybridized carbons (Fsp3) is 0.333. The number of H-pyrrole nitrogens is 1. The van der Waals surface area contributed by atoms with Crippen molar-refractivity contribution in [3.63, 3.8) is 0 Å². The predicted molar refractivity (Wildman–Crippen MR) is 94.1 cm³/mol. The summed E-state index contributed by atoms with van der Waals surface area (Å²) in [7, 11) is -3.80. The summed E-state index contributed by atoms with van der Waals surface area (Å²) in [5.41, 5.74) is 0.343. The van der Waals surface area contributed by atoms with Crippen molar-refractivity contribution in [2.24, 2.45) is 0 Å². The van der Waals surface area contributed by atoms with E-state index in [0.717, 1.165) is 6.42 Å². The number of hydrogen-bond acceptors (Lipinski definition) is 5. The number of carbonyl (C=O) groups excluding carboxylic acids is 2. The normalized spacial score (nSPS) is 18.4. The van der Waals surface area contributed by atoms with Gasteiger partial charge < -0.3 is 9.72 Å². The highest BCUT2D eigenvalue weighted by atomic mass is 32.2. The lowest BCUT2D eigenvalue weighted by Gasteiger charge is -2.32. The van der Waals surface area contributed by atoms with Crippen LogP contribution in [0.3, 0.4) is 0 Å². The zero-order valence-corrected chi connectivity index (χ0v) is 14.9. The van der Waals surface area contributed by atoms with E-state index in [0.29, 0.717) is 18.5 Å². The van der Waals surface area contributed by atoms with Crippen LogP contribution in [-0.2, 0) is 19.6 Å². The number of ether oxygens (including phenoxy) is 1. The smallest absolute Gasteiger partial charge is 0.324 e. The van der Waals surface area contributed by atoms with Crippen molar-refractivity contribution in [1.82, 2.24) is 9.29 Å². The van der Waals surface area contributed by atoms with Crippen molar-refractivity contribution >= 4 is 21.8 Å². The van der Waals surface area contributed by atoms with Gasteiger partial charge in [-0.05, 0) is 43.5 Å². The summed E-state index contributed by atoms with van der Waals surface area (Å²) in [5.74, 6) is -1.05. The van der Waals surface area contributed by atoms with Gasteiger partial charge in [-0.2, -0.15) is 4.31 Å². The number of hydrogen-bond donors (Lipinski definition) is 1. The number of benzene rings is 1. The van der Waals surface area contributed by atoms with Crippen LogP contribution in [0.4, 0.5) is 0 Å². The van der Waals surface area contributed by atoms with Crippen molar-refractivity contribution < 1.29 is 22.7 Å². The molecule has 2 heterocycles. The van der Waals surface area contributed by atoms with Crippen LogP contribution in [0, 0.1) is 0 Å². The number of carbonyl (C=O) groups is 2. The highest BCUT2D eigenvalue weighted by Gasteiger charge is 2.38. The second kappa shape index (κ2) is 7.84. The van der Waals surface area contributed by atoms with Gasteiger partial charge in [0.05, 0.1) is 10.6 Å². The number of rotatable bonds is 6. The number of Topliss-reactive ketones (excluding diaryl/α,β-unsaturated/α-hetero) is 1. The van der Waals surface area contributed by atoms with Crippen molar-refractivity contribution in [3.8, 4) is 0 Å². The molecule has 0 aliphatic carbocycles. The molecule has 1 N–H and O–H groups in total. The van der Waals surface area contributed by atoms with Gasteiger partial charge >= 0.3 is 5.97 Å². The Morgan fingerprint density at radius 3 is 2.58 bits per heavy atom. The number of ketones is 1. The predicted octanol–water partition coefficient (Wildman–Crippen LogP) is 1.98. The lowest BCUT2D eigenvalue weighted by molar-refractivity contribution is -0.148. The van der Waals surface area contributed by atoms with E-state index in [9.17, 15) is 18.0 Å².